The zero-order valence-electron chi connectivity index (χ0n) is 7.45. The molecule has 0 aromatic carbocycles. The number of imidazole rings is 1. The predicted molar refractivity (Wildman–Crippen MR) is 50.8 cm³/mol. The zero-order valence-corrected chi connectivity index (χ0v) is 8.20. The minimum absolute atomic E-state index is 0.576. The lowest BCUT2D eigenvalue weighted by molar-refractivity contribution is 0.0612. The van der Waals surface area contributed by atoms with E-state index in [9.17, 15) is 0 Å². The van der Waals surface area contributed by atoms with Crippen LogP contribution in [0.4, 0.5) is 0 Å². The number of ether oxygens (including phenoxy) is 1. The Morgan fingerprint density at radius 3 is 2.92 bits per heavy atom. The molecule has 0 amide bonds. The van der Waals surface area contributed by atoms with E-state index in [0.717, 1.165) is 38.5 Å². The van der Waals surface area contributed by atoms with Crippen molar-refractivity contribution in [3.63, 3.8) is 0 Å². The largest absolute Gasteiger partial charge is 0.381 e. The van der Waals surface area contributed by atoms with Gasteiger partial charge in [0, 0.05) is 26.0 Å². The third-order valence-electron chi connectivity index (χ3n) is 2.41. The minimum atomic E-state index is 0.576. The second-order valence-corrected chi connectivity index (χ2v) is 3.84. The maximum Gasteiger partial charge on any atom is 0.146 e. The second-order valence-electron chi connectivity index (χ2n) is 3.45. The van der Waals surface area contributed by atoms with Crippen molar-refractivity contribution >= 4 is 11.6 Å². The summed E-state index contributed by atoms with van der Waals surface area (Å²) in [4.78, 5) is 3.98. The molecule has 2 rings (SSSR count). The van der Waals surface area contributed by atoms with Gasteiger partial charge < -0.3 is 9.30 Å². The van der Waals surface area contributed by atoms with Gasteiger partial charge in [0.1, 0.15) is 5.15 Å². The molecule has 1 aromatic heterocycles. The molecule has 0 atom stereocenters. The van der Waals surface area contributed by atoms with Gasteiger partial charge in [-0.15, -0.1) is 0 Å². The van der Waals surface area contributed by atoms with E-state index in [1.807, 2.05) is 6.20 Å². The van der Waals surface area contributed by atoms with Crippen molar-refractivity contribution in [1.82, 2.24) is 9.55 Å². The Morgan fingerprint density at radius 2 is 2.31 bits per heavy atom. The lowest BCUT2D eigenvalue weighted by Crippen LogP contribution is -2.19. The van der Waals surface area contributed by atoms with Crippen molar-refractivity contribution in [2.45, 2.75) is 19.4 Å². The molecule has 1 saturated heterocycles. The van der Waals surface area contributed by atoms with Crippen molar-refractivity contribution in [1.29, 1.82) is 0 Å². The lowest BCUT2D eigenvalue weighted by atomic mass is 10.0. The summed E-state index contributed by atoms with van der Waals surface area (Å²) in [6.07, 6.45) is 5.96. The molecule has 1 aliphatic rings. The SMILES string of the molecule is Clc1cn(CC2CCOCC2)cn1. The molecular formula is C9H13ClN2O. The summed E-state index contributed by atoms with van der Waals surface area (Å²) < 4.78 is 7.35. The fourth-order valence-electron chi connectivity index (χ4n) is 1.66. The van der Waals surface area contributed by atoms with Gasteiger partial charge in [0.2, 0.25) is 0 Å². The highest BCUT2D eigenvalue weighted by molar-refractivity contribution is 6.29. The fourth-order valence-corrected chi connectivity index (χ4v) is 1.83. The molecule has 0 bridgehead atoms. The Hall–Kier alpha value is -0.540. The molecule has 13 heavy (non-hydrogen) atoms. The normalized spacial score (nSPS) is 19.2. The Labute approximate surface area is 82.7 Å². The monoisotopic (exact) mass is 200 g/mol. The van der Waals surface area contributed by atoms with Gasteiger partial charge in [-0.3, -0.25) is 0 Å². The molecule has 0 spiro atoms. The zero-order chi connectivity index (χ0) is 9.10. The molecule has 0 N–H and O–H groups in total. The van der Waals surface area contributed by atoms with Crippen LogP contribution in [0.3, 0.4) is 0 Å². The summed E-state index contributed by atoms with van der Waals surface area (Å²) in [6, 6.07) is 0. The van der Waals surface area contributed by atoms with Gasteiger partial charge in [-0.05, 0) is 18.8 Å². The molecule has 0 aliphatic carbocycles. The quantitative estimate of drug-likeness (QED) is 0.730. The molecule has 0 saturated carbocycles. The van der Waals surface area contributed by atoms with Gasteiger partial charge in [-0.25, -0.2) is 4.98 Å². The summed E-state index contributed by atoms with van der Waals surface area (Å²) in [6.45, 7) is 2.81. The van der Waals surface area contributed by atoms with Crippen molar-refractivity contribution in [2.75, 3.05) is 13.2 Å². The van der Waals surface area contributed by atoms with E-state index >= 15 is 0 Å². The second kappa shape index (κ2) is 4.11. The summed E-state index contributed by atoms with van der Waals surface area (Å²) in [5.41, 5.74) is 0. The Morgan fingerprint density at radius 1 is 1.54 bits per heavy atom. The molecule has 3 nitrogen and oxygen atoms in total. The van der Waals surface area contributed by atoms with Crippen LogP contribution in [-0.2, 0) is 11.3 Å². The van der Waals surface area contributed by atoms with Gasteiger partial charge in [-0.1, -0.05) is 11.6 Å². The van der Waals surface area contributed by atoms with E-state index in [0.29, 0.717) is 5.15 Å². The van der Waals surface area contributed by atoms with Crippen LogP contribution in [0.15, 0.2) is 12.5 Å². The van der Waals surface area contributed by atoms with Crippen LogP contribution >= 0.6 is 11.6 Å². The van der Waals surface area contributed by atoms with Crippen LogP contribution in [0.1, 0.15) is 12.8 Å². The van der Waals surface area contributed by atoms with Gasteiger partial charge in [-0.2, -0.15) is 0 Å². The topological polar surface area (TPSA) is 27.1 Å². The molecule has 0 radical (unpaired) electrons. The maximum atomic E-state index is 5.72. The van der Waals surface area contributed by atoms with Crippen LogP contribution in [0, 0.1) is 5.92 Å². The molecule has 1 aromatic rings. The highest BCUT2D eigenvalue weighted by Crippen LogP contribution is 2.17. The minimum Gasteiger partial charge on any atom is -0.381 e. The van der Waals surface area contributed by atoms with E-state index in [1.165, 1.54) is 0 Å². The van der Waals surface area contributed by atoms with Crippen LogP contribution in [-0.4, -0.2) is 22.8 Å². The first-order valence-corrected chi connectivity index (χ1v) is 4.97. The molecule has 72 valence electrons. The van der Waals surface area contributed by atoms with Crippen molar-refractivity contribution in [3.8, 4) is 0 Å². The van der Waals surface area contributed by atoms with Crippen molar-refractivity contribution in [2.24, 2.45) is 5.92 Å². The van der Waals surface area contributed by atoms with Crippen molar-refractivity contribution in [3.05, 3.63) is 17.7 Å². The molecule has 1 fully saturated rings. The average molecular weight is 201 g/mol. The molecule has 1 aliphatic heterocycles. The van der Waals surface area contributed by atoms with Gasteiger partial charge >= 0.3 is 0 Å². The summed E-state index contributed by atoms with van der Waals surface area (Å²) >= 11 is 5.72. The Kier molecular flexibility index (Phi) is 2.86. The lowest BCUT2D eigenvalue weighted by Gasteiger charge is -2.21. The number of halogens is 1. The van der Waals surface area contributed by atoms with E-state index in [-0.39, 0.29) is 0 Å². The smallest absolute Gasteiger partial charge is 0.146 e. The number of hydrogen-bond acceptors (Lipinski definition) is 2. The predicted octanol–water partition coefficient (Wildman–Crippen LogP) is 1.96. The van der Waals surface area contributed by atoms with Crippen LogP contribution < -0.4 is 0 Å². The first-order valence-electron chi connectivity index (χ1n) is 4.59. The molecule has 4 heteroatoms. The third kappa shape index (κ3) is 2.45. The third-order valence-corrected chi connectivity index (χ3v) is 2.61. The van der Waals surface area contributed by atoms with Gasteiger partial charge in [0.15, 0.2) is 0 Å². The van der Waals surface area contributed by atoms with Gasteiger partial charge in [0.25, 0.3) is 0 Å². The van der Waals surface area contributed by atoms with Crippen LogP contribution in [0.2, 0.25) is 5.15 Å². The van der Waals surface area contributed by atoms with E-state index in [4.69, 9.17) is 16.3 Å². The fraction of sp³-hybridized carbons (Fsp3) is 0.667. The Bertz CT molecular complexity index is 268. The molecular weight excluding hydrogens is 188 g/mol. The summed E-state index contributed by atoms with van der Waals surface area (Å²) in [5.74, 6) is 0.721. The van der Waals surface area contributed by atoms with Crippen LogP contribution in [0.5, 0.6) is 0 Å². The number of aromatic nitrogens is 2. The van der Waals surface area contributed by atoms with Crippen LogP contribution in [0.25, 0.3) is 0 Å². The molecule has 2 heterocycles. The average Bonchev–Trinajstić information content (AvgIpc) is 2.53. The van der Waals surface area contributed by atoms with Gasteiger partial charge in [0.05, 0.1) is 6.33 Å². The Balaban J connectivity index is 1.89. The molecule has 0 unspecified atom stereocenters. The highest BCUT2D eigenvalue weighted by Gasteiger charge is 2.13. The van der Waals surface area contributed by atoms with Crippen molar-refractivity contribution < 1.29 is 4.74 Å². The highest BCUT2D eigenvalue weighted by atomic mass is 35.5. The number of nitrogens with zero attached hydrogens (tertiary/aromatic N) is 2. The first-order chi connectivity index (χ1) is 6.34. The first kappa shape index (κ1) is 9.03. The number of rotatable bonds is 2. The summed E-state index contributed by atoms with van der Waals surface area (Å²) in [7, 11) is 0. The summed E-state index contributed by atoms with van der Waals surface area (Å²) in [5, 5.41) is 0.576. The standard InChI is InChI=1S/C9H13ClN2O/c10-9-6-12(7-11-9)5-8-1-3-13-4-2-8/h6-8H,1-5H2. The van der Waals surface area contributed by atoms with E-state index in [1.54, 1.807) is 6.33 Å². The number of hydrogen-bond donors (Lipinski definition) is 0. The van der Waals surface area contributed by atoms with E-state index in [2.05, 4.69) is 9.55 Å². The van der Waals surface area contributed by atoms with E-state index < -0.39 is 0 Å². The maximum absolute atomic E-state index is 5.72.